The Morgan fingerprint density at radius 1 is 1.17 bits per heavy atom. The van der Waals surface area contributed by atoms with Gasteiger partial charge in [0.2, 0.25) is 0 Å². The number of thiophene rings is 1. The molecule has 0 saturated heterocycles. The molecule has 0 saturated carbocycles. The molecule has 0 radical (unpaired) electrons. The molecule has 2 heterocycles. The van der Waals surface area contributed by atoms with Gasteiger partial charge in [0, 0.05) is 12.1 Å². The summed E-state index contributed by atoms with van der Waals surface area (Å²) in [6, 6.07) is 15.8. The molecule has 3 rings (SSSR count). The topological polar surface area (TPSA) is 45.5 Å². The van der Waals surface area contributed by atoms with Gasteiger partial charge in [-0.15, -0.1) is 11.3 Å². The summed E-state index contributed by atoms with van der Waals surface area (Å²) in [6.07, 6.45) is 1.65. The summed E-state index contributed by atoms with van der Waals surface area (Å²) in [4.78, 5) is 15.4. The summed E-state index contributed by atoms with van der Waals surface area (Å²) in [7, 11) is 3.94. The van der Waals surface area contributed by atoms with Crippen molar-refractivity contribution in [2.45, 2.75) is 6.04 Å². The lowest BCUT2D eigenvalue weighted by Gasteiger charge is -2.22. The van der Waals surface area contributed by atoms with Crippen LogP contribution in [0.3, 0.4) is 0 Å². The number of furan rings is 1. The number of likely N-dealkylation sites (N-methyl/N-ethyl adjacent to an activating group) is 1. The molecular formula is C19H20N2O2S. The minimum Gasteiger partial charge on any atom is -0.468 e. The molecule has 2 aromatic heterocycles. The van der Waals surface area contributed by atoms with E-state index in [9.17, 15) is 4.79 Å². The lowest BCUT2D eigenvalue weighted by molar-refractivity contribution is 0.0943. The number of hydrogen-bond donors (Lipinski definition) is 1. The van der Waals surface area contributed by atoms with Gasteiger partial charge in [-0.05, 0) is 43.2 Å². The molecule has 0 spiro atoms. The van der Waals surface area contributed by atoms with Crippen molar-refractivity contribution in [3.63, 3.8) is 0 Å². The number of amides is 1. The van der Waals surface area contributed by atoms with Crippen LogP contribution in [0.2, 0.25) is 0 Å². The van der Waals surface area contributed by atoms with Crippen LogP contribution >= 0.6 is 11.3 Å². The van der Waals surface area contributed by atoms with Gasteiger partial charge in [0.15, 0.2) is 0 Å². The summed E-state index contributed by atoms with van der Waals surface area (Å²) >= 11 is 1.46. The first-order valence-corrected chi connectivity index (χ1v) is 8.65. The maximum atomic E-state index is 12.6. The number of nitrogens with one attached hydrogen (secondary N) is 1. The molecule has 1 amide bonds. The van der Waals surface area contributed by atoms with E-state index < -0.39 is 0 Å². The highest BCUT2D eigenvalue weighted by molar-refractivity contribution is 7.12. The molecule has 124 valence electrons. The second-order valence-corrected chi connectivity index (χ2v) is 6.65. The Morgan fingerprint density at radius 2 is 1.96 bits per heavy atom. The molecule has 3 aromatic rings. The van der Waals surface area contributed by atoms with Crippen LogP contribution in [0.1, 0.15) is 21.5 Å². The summed E-state index contributed by atoms with van der Waals surface area (Å²) < 4.78 is 5.48. The van der Waals surface area contributed by atoms with Crippen LogP contribution in [0.15, 0.2) is 64.6 Å². The number of carbonyl (C=O) groups is 1. The maximum absolute atomic E-state index is 12.6. The van der Waals surface area contributed by atoms with E-state index in [2.05, 4.69) is 5.32 Å². The molecule has 4 nitrogen and oxygen atoms in total. The van der Waals surface area contributed by atoms with Crippen molar-refractivity contribution in [2.75, 3.05) is 20.6 Å². The van der Waals surface area contributed by atoms with Gasteiger partial charge in [0.1, 0.15) is 5.76 Å². The second-order valence-electron chi connectivity index (χ2n) is 5.73. The Kier molecular flexibility index (Phi) is 5.13. The van der Waals surface area contributed by atoms with E-state index >= 15 is 0 Å². The average Bonchev–Trinajstić information content (AvgIpc) is 3.27. The van der Waals surface area contributed by atoms with E-state index in [0.29, 0.717) is 6.54 Å². The second kappa shape index (κ2) is 7.47. The van der Waals surface area contributed by atoms with Crippen LogP contribution in [-0.2, 0) is 0 Å². The Morgan fingerprint density at radius 3 is 2.62 bits per heavy atom. The number of benzene rings is 1. The Hall–Kier alpha value is -2.37. The van der Waals surface area contributed by atoms with Crippen LogP contribution in [0, 0.1) is 0 Å². The fourth-order valence-electron chi connectivity index (χ4n) is 2.62. The van der Waals surface area contributed by atoms with Crippen molar-refractivity contribution in [2.24, 2.45) is 0 Å². The Balaban J connectivity index is 1.73. The minimum atomic E-state index is -0.0535. The highest BCUT2D eigenvalue weighted by atomic mass is 32.1. The first-order chi connectivity index (χ1) is 11.7. The van der Waals surface area contributed by atoms with Gasteiger partial charge in [-0.1, -0.05) is 30.3 Å². The van der Waals surface area contributed by atoms with Gasteiger partial charge in [-0.3, -0.25) is 9.69 Å². The first kappa shape index (κ1) is 16.5. The highest BCUT2D eigenvalue weighted by Gasteiger charge is 2.20. The van der Waals surface area contributed by atoms with Crippen molar-refractivity contribution in [3.05, 3.63) is 70.8 Å². The van der Waals surface area contributed by atoms with Gasteiger partial charge in [-0.2, -0.15) is 0 Å². The largest absolute Gasteiger partial charge is 0.468 e. The normalized spacial score (nSPS) is 12.3. The third kappa shape index (κ3) is 3.58. The molecule has 0 bridgehead atoms. The summed E-state index contributed by atoms with van der Waals surface area (Å²) in [5.41, 5.74) is 2.02. The van der Waals surface area contributed by atoms with Gasteiger partial charge in [0.05, 0.1) is 17.2 Å². The third-order valence-corrected chi connectivity index (χ3v) is 4.82. The fraction of sp³-hybridized carbons (Fsp3) is 0.211. The van der Waals surface area contributed by atoms with Gasteiger partial charge >= 0.3 is 0 Å². The van der Waals surface area contributed by atoms with Gasteiger partial charge < -0.3 is 9.73 Å². The quantitative estimate of drug-likeness (QED) is 0.736. The molecule has 1 aromatic carbocycles. The zero-order valence-electron chi connectivity index (χ0n) is 13.7. The van der Waals surface area contributed by atoms with Crippen LogP contribution in [0.5, 0.6) is 0 Å². The van der Waals surface area contributed by atoms with Crippen LogP contribution in [0.4, 0.5) is 0 Å². The molecule has 24 heavy (non-hydrogen) atoms. The number of carbonyl (C=O) groups excluding carboxylic acids is 1. The lowest BCUT2D eigenvalue weighted by Crippen LogP contribution is -2.34. The third-order valence-electron chi connectivity index (χ3n) is 3.91. The fourth-order valence-corrected chi connectivity index (χ4v) is 3.45. The number of hydrogen-bond acceptors (Lipinski definition) is 4. The predicted molar refractivity (Wildman–Crippen MR) is 97.2 cm³/mol. The van der Waals surface area contributed by atoms with Crippen molar-refractivity contribution >= 4 is 17.2 Å². The van der Waals surface area contributed by atoms with Crippen LogP contribution in [-0.4, -0.2) is 31.4 Å². The smallest absolute Gasteiger partial charge is 0.262 e. The zero-order valence-corrected chi connectivity index (χ0v) is 14.5. The maximum Gasteiger partial charge on any atom is 0.262 e. The monoisotopic (exact) mass is 340 g/mol. The Labute approximate surface area is 145 Å². The van der Waals surface area contributed by atoms with Gasteiger partial charge in [-0.25, -0.2) is 0 Å². The van der Waals surface area contributed by atoms with Crippen molar-refractivity contribution in [1.29, 1.82) is 0 Å². The number of nitrogens with zero attached hydrogens (tertiary/aromatic N) is 1. The zero-order chi connectivity index (χ0) is 16.9. The Bertz CT molecular complexity index is 779. The molecule has 0 aliphatic rings. The average molecular weight is 340 g/mol. The summed E-state index contributed by atoms with van der Waals surface area (Å²) in [5, 5.41) is 4.99. The molecular weight excluding hydrogens is 320 g/mol. The van der Waals surface area contributed by atoms with Crippen molar-refractivity contribution in [1.82, 2.24) is 10.2 Å². The molecule has 0 aliphatic carbocycles. The van der Waals surface area contributed by atoms with E-state index in [1.54, 1.807) is 6.26 Å². The van der Waals surface area contributed by atoms with Crippen LogP contribution < -0.4 is 5.32 Å². The molecule has 0 aliphatic heterocycles. The molecule has 1 unspecified atom stereocenters. The van der Waals surface area contributed by atoms with E-state index in [1.807, 2.05) is 72.9 Å². The molecule has 5 heteroatoms. The van der Waals surface area contributed by atoms with E-state index in [1.165, 1.54) is 11.3 Å². The molecule has 0 fully saturated rings. The SMILES string of the molecule is CN(C)C(CNC(=O)c1sccc1-c1ccccc1)c1ccco1. The van der Waals surface area contributed by atoms with Crippen molar-refractivity contribution < 1.29 is 9.21 Å². The van der Waals surface area contributed by atoms with Crippen LogP contribution in [0.25, 0.3) is 11.1 Å². The van der Waals surface area contributed by atoms with Gasteiger partial charge in [0.25, 0.3) is 5.91 Å². The molecule has 1 N–H and O–H groups in total. The highest BCUT2D eigenvalue weighted by Crippen LogP contribution is 2.28. The van der Waals surface area contributed by atoms with Crippen molar-refractivity contribution in [3.8, 4) is 11.1 Å². The summed E-state index contributed by atoms with van der Waals surface area (Å²) in [5.74, 6) is 0.789. The van der Waals surface area contributed by atoms with E-state index in [-0.39, 0.29) is 11.9 Å². The predicted octanol–water partition coefficient (Wildman–Crippen LogP) is 4.04. The first-order valence-electron chi connectivity index (χ1n) is 7.77. The molecule has 1 atom stereocenters. The minimum absolute atomic E-state index is 0.00378. The van der Waals surface area contributed by atoms with E-state index in [0.717, 1.165) is 21.8 Å². The van der Waals surface area contributed by atoms with E-state index in [4.69, 9.17) is 4.42 Å². The summed E-state index contributed by atoms with van der Waals surface area (Å²) in [6.45, 7) is 0.492. The standard InChI is InChI=1S/C19H20N2O2S/c1-21(2)16(17-9-6-11-23-17)13-20-19(22)18-15(10-12-24-18)14-7-4-3-5-8-14/h3-12,16H,13H2,1-2H3,(H,20,22). The lowest BCUT2D eigenvalue weighted by atomic mass is 10.1. The number of rotatable bonds is 6.